The van der Waals surface area contributed by atoms with E-state index < -0.39 is 5.82 Å². The number of halogens is 3. The Morgan fingerprint density at radius 2 is 1.75 bits per heavy atom. The standard InChI is InChI=1S/C24H16ClFINO3S/c25-20-2-1-3-21(26)19(20)14-31-18-10-6-15(7-11-18)12-22-23(29)28(24(30)32-22)13-16-4-8-17(27)9-5-16/h1-12H,13-14H2/b22-12-. The maximum atomic E-state index is 13.9. The Balaban J connectivity index is 1.42. The van der Waals surface area contributed by atoms with E-state index in [0.29, 0.717) is 21.2 Å². The molecule has 32 heavy (non-hydrogen) atoms. The van der Waals surface area contributed by atoms with Crippen LogP contribution >= 0.6 is 46.0 Å². The molecule has 1 aliphatic heterocycles. The SMILES string of the molecule is O=C1S/C(=C\c2ccc(OCc3c(F)cccc3Cl)cc2)C(=O)N1Cc1ccc(I)cc1. The minimum atomic E-state index is -0.421. The largest absolute Gasteiger partial charge is 0.489 e. The summed E-state index contributed by atoms with van der Waals surface area (Å²) in [6.07, 6.45) is 1.68. The summed E-state index contributed by atoms with van der Waals surface area (Å²) in [5.74, 6) is -0.198. The van der Waals surface area contributed by atoms with E-state index in [0.717, 1.165) is 26.5 Å². The molecule has 2 amide bonds. The molecule has 4 nitrogen and oxygen atoms in total. The zero-order valence-electron chi connectivity index (χ0n) is 16.6. The Bertz CT molecular complexity index is 1180. The normalized spacial score (nSPS) is 15.0. The van der Waals surface area contributed by atoms with E-state index in [4.69, 9.17) is 16.3 Å². The molecule has 1 saturated heterocycles. The lowest BCUT2D eigenvalue weighted by Crippen LogP contribution is -2.27. The number of carbonyl (C=O) groups excluding carboxylic acids is 2. The van der Waals surface area contributed by atoms with Crippen LogP contribution < -0.4 is 4.74 Å². The molecular formula is C24H16ClFINO3S. The lowest BCUT2D eigenvalue weighted by atomic mass is 10.2. The average Bonchev–Trinajstić information content (AvgIpc) is 3.03. The van der Waals surface area contributed by atoms with E-state index in [1.165, 1.54) is 17.0 Å². The number of rotatable bonds is 6. The molecule has 0 atom stereocenters. The first kappa shape index (κ1) is 22.8. The highest BCUT2D eigenvalue weighted by atomic mass is 127. The number of ether oxygens (including phenoxy) is 1. The third-order valence-electron chi connectivity index (χ3n) is 4.75. The highest BCUT2D eigenvalue weighted by molar-refractivity contribution is 14.1. The lowest BCUT2D eigenvalue weighted by Gasteiger charge is -2.12. The first-order chi connectivity index (χ1) is 15.4. The smallest absolute Gasteiger partial charge is 0.293 e. The van der Waals surface area contributed by atoms with Gasteiger partial charge in [0.05, 0.1) is 16.5 Å². The topological polar surface area (TPSA) is 46.6 Å². The van der Waals surface area contributed by atoms with Crippen LogP contribution in [0.1, 0.15) is 16.7 Å². The van der Waals surface area contributed by atoms with Gasteiger partial charge in [0.2, 0.25) is 0 Å². The summed E-state index contributed by atoms with van der Waals surface area (Å²) in [5, 5.41) is 0.0177. The second-order valence-corrected chi connectivity index (χ2v) is 9.60. The zero-order valence-corrected chi connectivity index (χ0v) is 20.3. The van der Waals surface area contributed by atoms with Crippen LogP contribution in [0.5, 0.6) is 5.75 Å². The molecule has 0 spiro atoms. The first-order valence-electron chi connectivity index (χ1n) is 9.56. The fraction of sp³-hybridized carbons (Fsp3) is 0.0833. The van der Waals surface area contributed by atoms with Crippen molar-refractivity contribution >= 4 is 63.2 Å². The molecule has 0 saturated carbocycles. The van der Waals surface area contributed by atoms with Crippen molar-refractivity contribution in [3.05, 3.63) is 103 Å². The Labute approximate surface area is 207 Å². The molecule has 0 N–H and O–H groups in total. The summed E-state index contributed by atoms with van der Waals surface area (Å²) in [5.41, 5.74) is 1.94. The third-order valence-corrected chi connectivity index (χ3v) is 6.73. The van der Waals surface area contributed by atoms with Gasteiger partial charge in [-0.3, -0.25) is 14.5 Å². The molecule has 1 fully saturated rings. The van der Waals surface area contributed by atoms with Gasteiger partial charge in [0.15, 0.2) is 0 Å². The maximum Gasteiger partial charge on any atom is 0.293 e. The number of hydrogen-bond acceptors (Lipinski definition) is 4. The van der Waals surface area contributed by atoms with Gasteiger partial charge in [-0.15, -0.1) is 0 Å². The molecule has 1 heterocycles. The van der Waals surface area contributed by atoms with E-state index >= 15 is 0 Å². The molecule has 0 aliphatic carbocycles. The molecule has 3 aromatic carbocycles. The van der Waals surface area contributed by atoms with Gasteiger partial charge in [-0.05, 0) is 88.0 Å². The molecule has 0 bridgehead atoms. The summed E-state index contributed by atoms with van der Waals surface area (Å²) >= 11 is 9.15. The number of nitrogens with zero attached hydrogens (tertiary/aromatic N) is 1. The number of imide groups is 1. The molecule has 0 radical (unpaired) electrons. The number of hydrogen-bond donors (Lipinski definition) is 0. The van der Waals surface area contributed by atoms with Crippen LogP contribution in [0.2, 0.25) is 5.02 Å². The van der Waals surface area contributed by atoms with Crippen molar-refractivity contribution < 1.29 is 18.7 Å². The van der Waals surface area contributed by atoms with Crippen LogP contribution in [-0.4, -0.2) is 16.0 Å². The Morgan fingerprint density at radius 1 is 1.03 bits per heavy atom. The summed E-state index contributed by atoms with van der Waals surface area (Å²) < 4.78 is 20.6. The van der Waals surface area contributed by atoms with Crippen molar-refractivity contribution in [2.75, 3.05) is 0 Å². The fourth-order valence-electron chi connectivity index (χ4n) is 3.05. The van der Waals surface area contributed by atoms with Gasteiger partial charge in [-0.2, -0.15) is 0 Å². The van der Waals surface area contributed by atoms with Crippen LogP contribution in [0, 0.1) is 9.39 Å². The highest BCUT2D eigenvalue weighted by Gasteiger charge is 2.34. The van der Waals surface area contributed by atoms with Gasteiger partial charge in [0.25, 0.3) is 11.1 Å². The maximum absolute atomic E-state index is 13.9. The Morgan fingerprint density at radius 3 is 2.44 bits per heavy atom. The summed E-state index contributed by atoms with van der Waals surface area (Å²) in [6, 6.07) is 19.1. The predicted octanol–water partition coefficient (Wildman–Crippen LogP) is 6.90. The Kier molecular flexibility index (Phi) is 7.17. The quantitative estimate of drug-likeness (QED) is 0.236. The zero-order chi connectivity index (χ0) is 22.7. The molecule has 162 valence electrons. The molecule has 0 unspecified atom stereocenters. The monoisotopic (exact) mass is 579 g/mol. The van der Waals surface area contributed by atoms with E-state index in [1.54, 1.807) is 36.4 Å². The van der Waals surface area contributed by atoms with Gasteiger partial charge in [-0.25, -0.2) is 4.39 Å². The number of thioether (sulfide) groups is 1. The van der Waals surface area contributed by atoms with Crippen molar-refractivity contribution in [3.8, 4) is 5.75 Å². The van der Waals surface area contributed by atoms with Crippen LogP contribution in [0.4, 0.5) is 9.18 Å². The molecular weight excluding hydrogens is 564 g/mol. The molecule has 3 aromatic rings. The van der Waals surface area contributed by atoms with Gasteiger partial charge >= 0.3 is 0 Å². The fourth-order valence-corrected chi connectivity index (χ4v) is 4.46. The minimum absolute atomic E-state index is 0.00226. The molecule has 0 aromatic heterocycles. The summed E-state index contributed by atoms with van der Waals surface area (Å²) in [6.45, 7) is 0.243. The second kappa shape index (κ2) is 10.1. The highest BCUT2D eigenvalue weighted by Crippen LogP contribution is 2.33. The first-order valence-corrected chi connectivity index (χ1v) is 11.8. The molecule has 8 heteroatoms. The van der Waals surface area contributed by atoms with Crippen molar-refractivity contribution in [2.45, 2.75) is 13.2 Å². The van der Waals surface area contributed by atoms with Gasteiger partial charge in [0.1, 0.15) is 18.2 Å². The van der Waals surface area contributed by atoms with Crippen molar-refractivity contribution in [3.63, 3.8) is 0 Å². The predicted molar refractivity (Wildman–Crippen MR) is 133 cm³/mol. The molecule has 1 aliphatic rings. The van der Waals surface area contributed by atoms with Crippen molar-refractivity contribution in [1.29, 1.82) is 0 Å². The second-order valence-electron chi connectivity index (χ2n) is 6.95. The summed E-state index contributed by atoms with van der Waals surface area (Å²) in [4.78, 5) is 26.7. The number of benzene rings is 3. The lowest BCUT2D eigenvalue weighted by molar-refractivity contribution is -0.123. The van der Waals surface area contributed by atoms with Crippen LogP contribution in [0.3, 0.4) is 0 Å². The number of carbonyl (C=O) groups is 2. The minimum Gasteiger partial charge on any atom is -0.489 e. The summed E-state index contributed by atoms with van der Waals surface area (Å²) in [7, 11) is 0. The van der Waals surface area contributed by atoms with E-state index in [-0.39, 0.29) is 24.3 Å². The van der Waals surface area contributed by atoms with Crippen LogP contribution in [0.15, 0.2) is 71.6 Å². The van der Waals surface area contributed by atoms with Crippen molar-refractivity contribution in [2.24, 2.45) is 0 Å². The third kappa shape index (κ3) is 5.33. The van der Waals surface area contributed by atoms with E-state index in [1.807, 2.05) is 24.3 Å². The van der Waals surface area contributed by atoms with Crippen molar-refractivity contribution in [1.82, 2.24) is 4.90 Å². The van der Waals surface area contributed by atoms with Gasteiger partial charge < -0.3 is 4.74 Å². The Hall–Kier alpha value is -2.36. The average molecular weight is 580 g/mol. The van der Waals surface area contributed by atoms with Gasteiger partial charge in [-0.1, -0.05) is 41.9 Å². The van der Waals surface area contributed by atoms with Crippen LogP contribution in [0.25, 0.3) is 6.08 Å². The number of amides is 2. The van der Waals surface area contributed by atoms with E-state index in [2.05, 4.69) is 22.6 Å². The van der Waals surface area contributed by atoms with Gasteiger partial charge in [0, 0.05) is 9.13 Å². The van der Waals surface area contributed by atoms with E-state index in [9.17, 15) is 14.0 Å². The van der Waals surface area contributed by atoms with Crippen LogP contribution in [-0.2, 0) is 17.9 Å². The molecule has 4 rings (SSSR count).